The standard InChI is InChI=1S/C18H32O3/c1-2-3-4-5-6-8-11-14-17(19)15-12-9-7-10-13-16-18(20)21/h3-4,6,8,17,19H,2,5,7,9-16H2,1H3,(H,20,21)/b4-3-,8-6-/t17-/m0/s1. The zero-order valence-corrected chi connectivity index (χ0v) is 13.5. The van der Waals surface area contributed by atoms with Gasteiger partial charge in [0.1, 0.15) is 0 Å². The van der Waals surface area contributed by atoms with Gasteiger partial charge in [-0.05, 0) is 38.5 Å². The summed E-state index contributed by atoms with van der Waals surface area (Å²) in [7, 11) is 0. The quantitative estimate of drug-likeness (QED) is 0.355. The Hall–Kier alpha value is -1.09. The van der Waals surface area contributed by atoms with Gasteiger partial charge in [0.15, 0.2) is 0 Å². The first-order valence-corrected chi connectivity index (χ1v) is 8.36. The van der Waals surface area contributed by atoms with E-state index in [1.807, 2.05) is 0 Å². The van der Waals surface area contributed by atoms with Crippen molar-refractivity contribution < 1.29 is 15.0 Å². The number of hydrogen-bond donors (Lipinski definition) is 2. The first-order valence-electron chi connectivity index (χ1n) is 8.36. The fraction of sp³-hybridized carbons (Fsp3) is 0.722. The van der Waals surface area contributed by atoms with Gasteiger partial charge in [0.05, 0.1) is 6.10 Å². The van der Waals surface area contributed by atoms with Crippen LogP contribution in [-0.4, -0.2) is 22.3 Å². The van der Waals surface area contributed by atoms with Crippen molar-refractivity contribution in [2.75, 3.05) is 0 Å². The molecule has 0 saturated carbocycles. The Labute approximate surface area is 129 Å². The molecule has 0 rings (SSSR count). The van der Waals surface area contributed by atoms with Gasteiger partial charge in [0, 0.05) is 6.42 Å². The number of carboxylic acids is 1. The maximum Gasteiger partial charge on any atom is 0.303 e. The second-order valence-electron chi connectivity index (χ2n) is 5.52. The molecule has 0 fully saturated rings. The van der Waals surface area contributed by atoms with Crippen LogP contribution in [0.2, 0.25) is 0 Å². The molecule has 0 aliphatic rings. The van der Waals surface area contributed by atoms with Crippen molar-refractivity contribution in [1.29, 1.82) is 0 Å². The van der Waals surface area contributed by atoms with Gasteiger partial charge in [-0.2, -0.15) is 0 Å². The summed E-state index contributed by atoms with van der Waals surface area (Å²) in [4.78, 5) is 10.3. The number of carbonyl (C=O) groups is 1. The van der Waals surface area contributed by atoms with Crippen LogP contribution in [0.25, 0.3) is 0 Å². The highest BCUT2D eigenvalue weighted by molar-refractivity contribution is 5.66. The van der Waals surface area contributed by atoms with Crippen molar-refractivity contribution >= 4 is 5.97 Å². The van der Waals surface area contributed by atoms with Gasteiger partial charge in [-0.25, -0.2) is 0 Å². The number of allylic oxidation sites excluding steroid dienone is 4. The maximum absolute atomic E-state index is 10.3. The molecule has 2 N–H and O–H groups in total. The largest absolute Gasteiger partial charge is 0.481 e. The average molecular weight is 296 g/mol. The molecular formula is C18H32O3. The number of aliphatic hydroxyl groups excluding tert-OH is 1. The number of aliphatic hydroxyl groups is 1. The SMILES string of the molecule is CC/C=C\C/C=C\CC[C@H](O)CCCCCCCC(=O)O. The zero-order chi connectivity index (χ0) is 15.8. The molecule has 0 radical (unpaired) electrons. The number of carboxylic acid groups (broad SMARTS) is 1. The van der Waals surface area contributed by atoms with E-state index in [1.54, 1.807) is 0 Å². The lowest BCUT2D eigenvalue weighted by Crippen LogP contribution is -2.05. The number of hydrogen-bond acceptors (Lipinski definition) is 2. The highest BCUT2D eigenvalue weighted by Crippen LogP contribution is 2.11. The Kier molecular flexibility index (Phi) is 14.5. The van der Waals surface area contributed by atoms with E-state index in [1.165, 1.54) is 0 Å². The summed E-state index contributed by atoms with van der Waals surface area (Å²) in [5.74, 6) is -0.705. The molecule has 21 heavy (non-hydrogen) atoms. The molecule has 0 aliphatic carbocycles. The molecule has 3 heteroatoms. The summed E-state index contributed by atoms with van der Waals surface area (Å²) >= 11 is 0. The smallest absolute Gasteiger partial charge is 0.303 e. The van der Waals surface area contributed by atoms with Crippen molar-refractivity contribution in [3.05, 3.63) is 24.3 Å². The number of rotatable bonds is 14. The molecule has 0 aromatic heterocycles. The van der Waals surface area contributed by atoms with Crippen molar-refractivity contribution in [3.63, 3.8) is 0 Å². The minimum atomic E-state index is -0.705. The second-order valence-corrected chi connectivity index (χ2v) is 5.52. The van der Waals surface area contributed by atoms with Crippen LogP contribution >= 0.6 is 0 Å². The molecule has 0 aromatic carbocycles. The number of aliphatic carboxylic acids is 1. The Morgan fingerprint density at radius 1 is 0.952 bits per heavy atom. The minimum absolute atomic E-state index is 0.195. The summed E-state index contributed by atoms with van der Waals surface area (Å²) in [6, 6.07) is 0. The first-order chi connectivity index (χ1) is 10.2. The zero-order valence-electron chi connectivity index (χ0n) is 13.5. The van der Waals surface area contributed by atoms with Crippen LogP contribution in [-0.2, 0) is 4.79 Å². The van der Waals surface area contributed by atoms with E-state index in [0.717, 1.165) is 64.2 Å². The summed E-state index contributed by atoms with van der Waals surface area (Å²) in [5, 5.41) is 18.3. The van der Waals surface area contributed by atoms with Gasteiger partial charge in [-0.15, -0.1) is 0 Å². The summed E-state index contributed by atoms with van der Waals surface area (Å²) < 4.78 is 0. The van der Waals surface area contributed by atoms with Crippen LogP contribution in [0.5, 0.6) is 0 Å². The lowest BCUT2D eigenvalue weighted by atomic mass is 10.0. The molecule has 0 spiro atoms. The van der Waals surface area contributed by atoms with Crippen LogP contribution < -0.4 is 0 Å². The average Bonchev–Trinajstić information content (AvgIpc) is 2.45. The summed E-state index contributed by atoms with van der Waals surface area (Å²) in [6.07, 6.45) is 18.4. The van der Waals surface area contributed by atoms with E-state index in [4.69, 9.17) is 5.11 Å². The Morgan fingerprint density at radius 3 is 2.33 bits per heavy atom. The number of unbranched alkanes of at least 4 members (excludes halogenated alkanes) is 4. The molecule has 0 amide bonds. The van der Waals surface area contributed by atoms with E-state index in [-0.39, 0.29) is 12.5 Å². The van der Waals surface area contributed by atoms with Crippen molar-refractivity contribution in [2.24, 2.45) is 0 Å². The lowest BCUT2D eigenvalue weighted by molar-refractivity contribution is -0.137. The van der Waals surface area contributed by atoms with Gasteiger partial charge in [0.25, 0.3) is 0 Å². The van der Waals surface area contributed by atoms with Crippen molar-refractivity contribution in [3.8, 4) is 0 Å². The highest BCUT2D eigenvalue weighted by atomic mass is 16.4. The van der Waals surface area contributed by atoms with E-state index in [9.17, 15) is 9.90 Å². The fourth-order valence-electron chi connectivity index (χ4n) is 2.18. The minimum Gasteiger partial charge on any atom is -0.481 e. The molecule has 0 heterocycles. The Bertz CT molecular complexity index is 295. The van der Waals surface area contributed by atoms with Gasteiger partial charge < -0.3 is 10.2 Å². The maximum atomic E-state index is 10.3. The summed E-state index contributed by atoms with van der Waals surface area (Å²) in [6.45, 7) is 2.13. The topological polar surface area (TPSA) is 57.5 Å². The van der Waals surface area contributed by atoms with Crippen LogP contribution in [0.15, 0.2) is 24.3 Å². The predicted molar refractivity (Wildman–Crippen MR) is 88.4 cm³/mol. The summed E-state index contributed by atoms with van der Waals surface area (Å²) in [5.41, 5.74) is 0. The monoisotopic (exact) mass is 296 g/mol. The molecule has 122 valence electrons. The Morgan fingerprint density at radius 2 is 1.62 bits per heavy atom. The molecule has 0 aliphatic heterocycles. The van der Waals surface area contributed by atoms with Crippen LogP contribution in [0.4, 0.5) is 0 Å². The third kappa shape index (κ3) is 16.9. The van der Waals surface area contributed by atoms with Gasteiger partial charge in [-0.3, -0.25) is 4.79 Å². The lowest BCUT2D eigenvalue weighted by Gasteiger charge is -2.08. The van der Waals surface area contributed by atoms with E-state index < -0.39 is 5.97 Å². The van der Waals surface area contributed by atoms with E-state index in [2.05, 4.69) is 31.2 Å². The molecule has 3 nitrogen and oxygen atoms in total. The predicted octanol–water partition coefficient (Wildman–Crippen LogP) is 4.86. The van der Waals surface area contributed by atoms with Crippen molar-refractivity contribution in [2.45, 2.75) is 83.7 Å². The van der Waals surface area contributed by atoms with E-state index >= 15 is 0 Å². The van der Waals surface area contributed by atoms with E-state index in [0.29, 0.717) is 0 Å². The molecule has 0 unspecified atom stereocenters. The molecule has 0 aromatic rings. The van der Waals surface area contributed by atoms with Gasteiger partial charge in [-0.1, -0.05) is 56.9 Å². The van der Waals surface area contributed by atoms with Crippen LogP contribution in [0, 0.1) is 0 Å². The molecule has 1 atom stereocenters. The Balaban J connectivity index is 3.32. The molecule has 0 saturated heterocycles. The third-order valence-corrected chi connectivity index (χ3v) is 3.44. The van der Waals surface area contributed by atoms with Crippen LogP contribution in [0.1, 0.15) is 77.6 Å². The molecule has 0 bridgehead atoms. The fourth-order valence-corrected chi connectivity index (χ4v) is 2.18. The van der Waals surface area contributed by atoms with Gasteiger partial charge >= 0.3 is 5.97 Å². The third-order valence-electron chi connectivity index (χ3n) is 3.44. The highest BCUT2D eigenvalue weighted by Gasteiger charge is 2.02. The second kappa shape index (κ2) is 15.3. The normalized spacial score (nSPS) is 13.2. The van der Waals surface area contributed by atoms with Gasteiger partial charge in [0.2, 0.25) is 0 Å². The van der Waals surface area contributed by atoms with Crippen molar-refractivity contribution in [1.82, 2.24) is 0 Å². The van der Waals surface area contributed by atoms with Crippen LogP contribution in [0.3, 0.4) is 0 Å². The first kappa shape index (κ1) is 19.9. The molecular weight excluding hydrogens is 264 g/mol.